The van der Waals surface area contributed by atoms with Crippen LogP contribution in [0.2, 0.25) is 0 Å². The minimum absolute atomic E-state index is 0.0319. The molecular formula is C9H15NO. The average Bonchev–Trinajstić information content (AvgIpc) is 2.82. The molecule has 2 nitrogen and oxygen atoms in total. The van der Waals surface area contributed by atoms with E-state index in [9.17, 15) is 4.79 Å². The van der Waals surface area contributed by atoms with Crippen LogP contribution in [-0.2, 0) is 4.79 Å². The fourth-order valence-electron chi connectivity index (χ4n) is 1.24. The highest BCUT2D eigenvalue weighted by molar-refractivity contribution is 5.87. The molecule has 0 aromatic heterocycles. The third kappa shape index (κ3) is 1.82. The Kier molecular flexibility index (Phi) is 2.32. The molecule has 0 aliphatic heterocycles. The van der Waals surface area contributed by atoms with Crippen LogP contribution in [0, 0.1) is 5.92 Å². The first-order chi connectivity index (χ1) is 5.16. The summed E-state index contributed by atoms with van der Waals surface area (Å²) >= 11 is 0. The lowest BCUT2D eigenvalue weighted by Gasteiger charge is -2.23. The van der Waals surface area contributed by atoms with E-state index in [2.05, 4.69) is 13.5 Å². The van der Waals surface area contributed by atoms with E-state index < -0.39 is 0 Å². The Morgan fingerprint density at radius 2 is 2.27 bits per heavy atom. The molecule has 1 atom stereocenters. The SMILES string of the molecule is C=CC(=O)N(C)C(C)C1CC1. The first kappa shape index (κ1) is 8.31. The van der Waals surface area contributed by atoms with Gasteiger partial charge in [-0.1, -0.05) is 6.58 Å². The van der Waals surface area contributed by atoms with Crippen molar-refractivity contribution in [2.75, 3.05) is 7.05 Å². The highest BCUT2D eigenvalue weighted by Gasteiger charge is 2.31. The Bertz CT molecular complexity index is 172. The summed E-state index contributed by atoms with van der Waals surface area (Å²) in [7, 11) is 1.84. The van der Waals surface area contributed by atoms with Crippen LogP contribution in [0.4, 0.5) is 0 Å². The molecule has 62 valence electrons. The van der Waals surface area contributed by atoms with E-state index in [-0.39, 0.29) is 5.91 Å². The molecule has 0 aromatic carbocycles. The van der Waals surface area contributed by atoms with Crippen molar-refractivity contribution in [3.63, 3.8) is 0 Å². The van der Waals surface area contributed by atoms with Crippen molar-refractivity contribution in [2.45, 2.75) is 25.8 Å². The van der Waals surface area contributed by atoms with Crippen LogP contribution >= 0.6 is 0 Å². The Morgan fingerprint density at radius 3 is 2.64 bits per heavy atom. The molecule has 1 amide bonds. The first-order valence-corrected chi connectivity index (χ1v) is 4.06. The van der Waals surface area contributed by atoms with E-state index in [1.807, 2.05) is 7.05 Å². The Hall–Kier alpha value is -0.790. The van der Waals surface area contributed by atoms with Gasteiger partial charge >= 0.3 is 0 Å². The second-order valence-electron chi connectivity index (χ2n) is 3.23. The molecule has 2 heteroatoms. The van der Waals surface area contributed by atoms with Gasteiger partial charge in [0.05, 0.1) is 0 Å². The van der Waals surface area contributed by atoms with Crippen molar-refractivity contribution in [3.8, 4) is 0 Å². The normalized spacial score (nSPS) is 19.1. The van der Waals surface area contributed by atoms with Gasteiger partial charge in [0.15, 0.2) is 0 Å². The Balaban J connectivity index is 2.44. The van der Waals surface area contributed by atoms with Gasteiger partial charge in [-0.15, -0.1) is 0 Å². The second-order valence-corrected chi connectivity index (χ2v) is 3.23. The van der Waals surface area contributed by atoms with Crippen molar-refractivity contribution in [2.24, 2.45) is 5.92 Å². The maximum absolute atomic E-state index is 11.1. The van der Waals surface area contributed by atoms with Crippen LogP contribution in [0.5, 0.6) is 0 Å². The quantitative estimate of drug-likeness (QED) is 0.562. The van der Waals surface area contributed by atoms with E-state index in [0.29, 0.717) is 6.04 Å². The lowest BCUT2D eigenvalue weighted by Crippen LogP contribution is -2.35. The van der Waals surface area contributed by atoms with Gasteiger partial charge in [0.1, 0.15) is 0 Å². The largest absolute Gasteiger partial charge is 0.339 e. The molecule has 1 fully saturated rings. The molecule has 1 unspecified atom stereocenters. The number of carbonyl (C=O) groups is 1. The third-order valence-electron chi connectivity index (χ3n) is 2.44. The second kappa shape index (κ2) is 3.07. The summed E-state index contributed by atoms with van der Waals surface area (Å²) in [6.07, 6.45) is 3.92. The summed E-state index contributed by atoms with van der Waals surface area (Å²) in [5.74, 6) is 0.772. The zero-order valence-electron chi connectivity index (χ0n) is 7.21. The van der Waals surface area contributed by atoms with Gasteiger partial charge < -0.3 is 4.90 Å². The Labute approximate surface area is 67.9 Å². The minimum atomic E-state index is 0.0319. The Morgan fingerprint density at radius 1 is 1.73 bits per heavy atom. The maximum Gasteiger partial charge on any atom is 0.245 e. The maximum atomic E-state index is 11.1. The third-order valence-corrected chi connectivity index (χ3v) is 2.44. The van der Waals surface area contributed by atoms with Gasteiger partial charge in [0, 0.05) is 13.1 Å². The fourth-order valence-corrected chi connectivity index (χ4v) is 1.24. The summed E-state index contributed by atoms with van der Waals surface area (Å²) in [4.78, 5) is 12.9. The van der Waals surface area contributed by atoms with Crippen molar-refractivity contribution >= 4 is 5.91 Å². The highest BCUT2D eigenvalue weighted by Crippen LogP contribution is 2.34. The monoisotopic (exact) mass is 153 g/mol. The standard InChI is InChI=1S/C9H15NO/c1-4-9(11)10(3)7(2)8-5-6-8/h4,7-8H,1,5-6H2,2-3H3. The summed E-state index contributed by atoms with van der Waals surface area (Å²) in [5.41, 5.74) is 0. The zero-order valence-corrected chi connectivity index (χ0v) is 7.21. The molecule has 0 N–H and O–H groups in total. The summed E-state index contributed by atoms with van der Waals surface area (Å²) < 4.78 is 0. The molecule has 1 saturated carbocycles. The van der Waals surface area contributed by atoms with E-state index in [0.717, 1.165) is 5.92 Å². The predicted octanol–water partition coefficient (Wildman–Crippen LogP) is 1.43. The van der Waals surface area contributed by atoms with Gasteiger partial charge in [-0.05, 0) is 31.8 Å². The van der Waals surface area contributed by atoms with Crippen LogP contribution in [0.15, 0.2) is 12.7 Å². The summed E-state index contributed by atoms with van der Waals surface area (Å²) in [6.45, 7) is 5.55. The zero-order chi connectivity index (χ0) is 8.43. The molecule has 1 aliphatic carbocycles. The molecule has 1 rings (SSSR count). The molecule has 0 radical (unpaired) electrons. The van der Waals surface area contributed by atoms with E-state index in [4.69, 9.17) is 0 Å². The molecule has 0 spiro atoms. The number of hydrogen-bond acceptors (Lipinski definition) is 1. The molecular weight excluding hydrogens is 138 g/mol. The van der Waals surface area contributed by atoms with Crippen LogP contribution in [0.1, 0.15) is 19.8 Å². The minimum Gasteiger partial charge on any atom is -0.339 e. The van der Waals surface area contributed by atoms with Gasteiger partial charge in [-0.3, -0.25) is 4.79 Å². The number of amides is 1. The van der Waals surface area contributed by atoms with Crippen molar-refractivity contribution in [1.29, 1.82) is 0 Å². The van der Waals surface area contributed by atoms with Gasteiger partial charge in [-0.2, -0.15) is 0 Å². The van der Waals surface area contributed by atoms with Gasteiger partial charge in [-0.25, -0.2) is 0 Å². The summed E-state index contributed by atoms with van der Waals surface area (Å²) in [6, 6.07) is 0.389. The van der Waals surface area contributed by atoms with E-state index in [1.54, 1.807) is 4.90 Å². The number of carbonyl (C=O) groups excluding carboxylic acids is 1. The van der Waals surface area contributed by atoms with Crippen LogP contribution in [-0.4, -0.2) is 23.9 Å². The number of likely N-dealkylation sites (N-methyl/N-ethyl adjacent to an activating group) is 1. The number of rotatable bonds is 3. The molecule has 0 aromatic rings. The predicted molar refractivity (Wildman–Crippen MR) is 45.2 cm³/mol. The van der Waals surface area contributed by atoms with E-state index >= 15 is 0 Å². The van der Waals surface area contributed by atoms with Gasteiger partial charge in [0.25, 0.3) is 0 Å². The average molecular weight is 153 g/mol. The molecule has 0 bridgehead atoms. The van der Waals surface area contributed by atoms with Gasteiger partial charge in [0.2, 0.25) is 5.91 Å². The topological polar surface area (TPSA) is 20.3 Å². The first-order valence-electron chi connectivity index (χ1n) is 4.06. The fraction of sp³-hybridized carbons (Fsp3) is 0.667. The molecule has 11 heavy (non-hydrogen) atoms. The lowest BCUT2D eigenvalue weighted by molar-refractivity contribution is -0.126. The number of nitrogens with zero attached hydrogens (tertiary/aromatic N) is 1. The van der Waals surface area contributed by atoms with Crippen molar-refractivity contribution in [3.05, 3.63) is 12.7 Å². The van der Waals surface area contributed by atoms with Crippen LogP contribution in [0.25, 0.3) is 0 Å². The van der Waals surface area contributed by atoms with Crippen molar-refractivity contribution < 1.29 is 4.79 Å². The molecule has 1 aliphatic rings. The number of hydrogen-bond donors (Lipinski definition) is 0. The van der Waals surface area contributed by atoms with E-state index in [1.165, 1.54) is 18.9 Å². The summed E-state index contributed by atoms with van der Waals surface area (Å²) in [5, 5.41) is 0. The highest BCUT2D eigenvalue weighted by atomic mass is 16.2. The lowest BCUT2D eigenvalue weighted by atomic mass is 10.2. The molecule has 0 heterocycles. The molecule has 0 saturated heterocycles. The smallest absolute Gasteiger partial charge is 0.245 e. The van der Waals surface area contributed by atoms with Crippen LogP contribution in [0.3, 0.4) is 0 Å². The van der Waals surface area contributed by atoms with Crippen molar-refractivity contribution in [1.82, 2.24) is 4.90 Å². The van der Waals surface area contributed by atoms with Crippen LogP contribution < -0.4 is 0 Å².